The number of nitrogens with zero attached hydrogens (tertiary/aromatic N) is 1. The van der Waals surface area contributed by atoms with Gasteiger partial charge in [-0.05, 0) is 43.6 Å². The molecule has 1 aromatic rings. The lowest BCUT2D eigenvalue weighted by Gasteiger charge is -2.22. The summed E-state index contributed by atoms with van der Waals surface area (Å²) in [5, 5.41) is 0. The predicted molar refractivity (Wildman–Crippen MR) is 94.2 cm³/mol. The maximum atomic E-state index is 12.6. The fourth-order valence-electron chi connectivity index (χ4n) is 2.68. The van der Waals surface area contributed by atoms with Gasteiger partial charge in [-0.3, -0.25) is 4.79 Å². The highest BCUT2D eigenvalue weighted by atomic mass is 35.5. The largest absolute Gasteiger partial charge is 0.495 e. The molecule has 1 aromatic carbocycles. The number of carbonyl (C=O) groups is 1. The van der Waals surface area contributed by atoms with E-state index < -0.39 is 10.0 Å². The molecule has 1 aliphatic rings. The fourth-order valence-corrected chi connectivity index (χ4v) is 3.59. The van der Waals surface area contributed by atoms with E-state index in [1.54, 1.807) is 11.0 Å². The summed E-state index contributed by atoms with van der Waals surface area (Å²) in [5.41, 5.74) is 6.00. The Hall–Kier alpha value is -1.35. The number of hydrogen-bond acceptors (Lipinski definition) is 5. The molecule has 1 saturated heterocycles. The molecule has 0 saturated carbocycles. The molecule has 7 nitrogen and oxygen atoms in total. The van der Waals surface area contributed by atoms with Gasteiger partial charge in [-0.25, -0.2) is 13.1 Å². The quantitative estimate of drug-likeness (QED) is 0.791. The average molecular weight is 378 g/mol. The maximum absolute atomic E-state index is 12.6. The Balaban J connectivity index is 0.00000288. The van der Waals surface area contributed by atoms with Crippen LogP contribution in [-0.4, -0.2) is 53.0 Å². The number of carbonyl (C=O) groups excluding carboxylic acids is 1. The van der Waals surface area contributed by atoms with E-state index in [-0.39, 0.29) is 34.4 Å². The van der Waals surface area contributed by atoms with Gasteiger partial charge in [0.25, 0.3) is 5.91 Å². The van der Waals surface area contributed by atoms with E-state index in [0.29, 0.717) is 25.2 Å². The molecule has 1 fully saturated rings. The molecule has 1 amide bonds. The molecule has 0 aliphatic carbocycles. The Morgan fingerprint density at radius 2 is 2.12 bits per heavy atom. The van der Waals surface area contributed by atoms with E-state index in [2.05, 4.69) is 4.72 Å². The third kappa shape index (κ3) is 4.00. The van der Waals surface area contributed by atoms with Crippen molar-refractivity contribution in [3.05, 3.63) is 23.8 Å². The van der Waals surface area contributed by atoms with Gasteiger partial charge in [0.1, 0.15) is 10.6 Å². The van der Waals surface area contributed by atoms with Gasteiger partial charge in [-0.1, -0.05) is 6.92 Å². The first kappa shape index (κ1) is 20.7. The first-order chi connectivity index (χ1) is 10.8. The molecule has 136 valence electrons. The van der Waals surface area contributed by atoms with Crippen molar-refractivity contribution in [1.29, 1.82) is 0 Å². The monoisotopic (exact) mass is 377 g/mol. The van der Waals surface area contributed by atoms with Gasteiger partial charge in [-0.15, -0.1) is 12.4 Å². The van der Waals surface area contributed by atoms with E-state index in [4.69, 9.17) is 10.5 Å². The zero-order valence-corrected chi connectivity index (χ0v) is 15.7. The molecule has 1 atom stereocenters. The number of amides is 1. The van der Waals surface area contributed by atoms with Crippen molar-refractivity contribution in [2.45, 2.75) is 18.2 Å². The zero-order valence-electron chi connectivity index (χ0n) is 14.0. The van der Waals surface area contributed by atoms with Gasteiger partial charge in [0.05, 0.1) is 7.11 Å². The third-order valence-corrected chi connectivity index (χ3v) is 5.74. The van der Waals surface area contributed by atoms with Crippen LogP contribution >= 0.6 is 12.4 Å². The molecular weight excluding hydrogens is 354 g/mol. The van der Waals surface area contributed by atoms with Gasteiger partial charge in [0.15, 0.2) is 0 Å². The summed E-state index contributed by atoms with van der Waals surface area (Å²) in [7, 11) is -1.01. The highest BCUT2D eigenvalue weighted by Gasteiger charge is 2.35. The maximum Gasteiger partial charge on any atom is 0.253 e. The van der Waals surface area contributed by atoms with Crippen molar-refractivity contribution in [2.75, 3.05) is 33.8 Å². The summed E-state index contributed by atoms with van der Waals surface area (Å²) in [4.78, 5) is 14.3. The molecule has 24 heavy (non-hydrogen) atoms. The second-order valence-corrected chi connectivity index (χ2v) is 7.92. The summed E-state index contributed by atoms with van der Waals surface area (Å²) < 4.78 is 31.5. The Morgan fingerprint density at radius 3 is 2.62 bits per heavy atom. The van der Waals surface area contributed by atoms with Crippen molar-refractivity contribution in [2.24, 2.45) is 11.1 Å². The van der Waals surface area contributed by atoms with Crippen molar-refractivity contribution in [3.8, 4) is 5.75 Å². The number of halogens is 1. The number of ether oxygens (including phenoxy) is 1. The first-order valence-electron chi connectivity index (χ1n) is 7.37. The summed E-state index contributed by atoms with van der Waals surface area (Å²) >= 11 is 0. The SMILES string of the molecule is CNS(=O)(=O)c1cc(C(=O)N2CCC(C)(CN)C2)ccc1OC.Cl. The summed E-state index contributed by atoms with van der Waals surface area (Å²) in [6.45, 7) is 3.75. The second kappa shape index (κ2) is 7.69. The predicted octanol–water partition coefficient (Wildman–Crippen LogP) is 0.836. The molecule has 1 heterocycles. The minimum Gasteiger partial charge on any atom is -0.495 e. The number of rotatable bonds is 5. The van der Waals surface area contributed by atoms with Crippen LogP contribution in [0, 0.1) is 5.41 Å². The lowest BCUT2D eigenvalue weighted by molar-refractivity contribution is 0.0776. The van der Waals surface area contributed by atoms with E-state index in [9.17, 15) is 13.2 Å². The van der Waals surface area contributed by atoms with Crippen LogP contribution in [-0.2, 0) is 10.0 Å². The smallest absolute Gasteiger partial charge is 0.253 e. The van der Waals surface area contributed by atoms with E-state index >= 15 is 0 Å². The van der Waals surface area contributed by atoms with Crippen molar-refractivity contribution in [1.82, 2.24) is 9.62 Å². The molecule has 0 aromatic heterocycles. The minimum absolute atomic E-state index is 0. The number of benzene rings is 1. The zero-order chi connectivity index (χ0) is 17.3. The topological polar surface area (TPSA) is 102 Å². The number of likely N-dealkylation sites (tertiary alicyclic amines) is 1. The molecule has 2 rings (SSSR count). The molecule has 1 unspecified atom stereocenters. The van der Waals surface area contributed by atoms with Crippen LogP contribution in [0.4, 0.5) is 0 Å². The summed E-state index contributed by atoms with van der Waals surface area (Å²) in [6, 6.07) is 4.43. The molecular formula is C15H24ClN3O4S. The van der Waals surface area contributed by atoms with Crippen LogP contribution in [0.1, 0.15) is 23.7 Å². The number of hydrogen-bond donors (Lipinski definition) is 2. The van der Waals surface area contributed by atoms with Crippen molar-refractivity contribution >= 4 is 28.3 Å². The van der Waals surface area contributed by atoms with Gasteiger partial charge in [-0.2, -0.15) is 0 Å². The van der Waals surface area contributed by atoms with Crippen LogP contribution in [0.3, 0.4) is 0 Å². The second-order valence-electron chi connectivity index (χ2n) is 6.06. The highest BCUT2D eigenvalue weighted by Crippen LogP contribution is 2.31. The first-order valence-corrected chi connectivity index (χ1v) is 8.85. The van der Waals surface area contributed by atoms with Crippen LogP contribution in [0.25, 0.3) is 0 Å². The van der Waals surface area contributed by atoms with E-state index in [1.807, 2.05) is 6.92 Å². The fraction of sp³-hybridized carbons (Fsp3) is 0.533. The standard InChI is InChI=1S/C15H23N3O4S.ClH/c1-15(9-16)6-7-18(10-15)14(19)11-4-5-12(22-3)13(8-11)23(20,21)17-2;/h4-5,8,17H,6-7,9-10,16H2,1-3H3;1H. The van der Waals surface area contributed by atoms with Gasteiger partial charge in [0, 0.05) is 18.7 Å². The normalized spacial score (nSPS) is 20.6. The van der Waals surface area contributed by atoms with Crippen LogP contribution < -0.4 is 15.2 Å². The molecule has 0 bridgehead atoms. The average Bonchev–Trinajstić information content (AvgIpc) is 2.96. The van der Waals surface area contributed by atoms with Gasteiger partial charge < -0.3 is 15.4 Å². The van der Waals surface area contributed by atoms with Crippen LogP contribution in [0.5, 0.6) is 5.75 Å². The van der Waals surface area contributed by atoms with Crippen molar-refractivity contribution in [3.63, 3.8) is 0 Å². The van der Waals surface area contributed by atoms with Crippen molar-refractivity contribution < 1.29 is 17.9 Å². The van der Waals surface area contributed by atoms with E-state index in [1.165, 1.54) is 26.3 Å². The molecule has 0 radical (unpaired) electrons. The minimum atomic E-state index is -3.71. The third-order valence-electron chi connectivity index (χ3n) is 4.31. The molecule has 3 N–H and O–H groups in total. The Kier molecular flexibility index (Phi) is 6.63. The number of nitrogens with one attached hydrogen (secondary N) is 1. The number of sulfonamides is 1. The lowest BCUT2D eigenvalue weighted by atomic mass is 9.90. The summed E-state index contributed by atoms with van der Waals surface area (Å²) in [6.07, 6.45) is 0.840. The molecule has 9 heteroatoms. The Morgan fingerprint density at radius 1 is 1.46 bits per heavy atom. The van der Waals surface area contributed by atoms with Gasteiger partial charge in [0.2, 0.25) is 10.0 Å². The summed E-state index contributed by atoms with van der Waals surface area (Å²) in [5.74, 6) is 0.00139. The Labute approximate surface area is 149 Å². The van der Waals surface area contributed by atoms with Crippen LogP contribution in [0.15, 0.2) is 23.1 Å². The molecule has 1 aliphatic heterocycles. The lowest BCUT2D eigenvalue weighted by Crippen LogP contribution is -2.34. The van der Waals surface area contributed by atoms with Gasteiger partial charge >= 0.3 is 0 Å². The molecule has 0 spiro atoms. The van der Waals surface area contributed by atoms with E-state index in [0.717, 1.165) is 6.42 Å². The number of methoxy groups -OCH3 is 1. The highest BCUT2D eigenvalue weighted by molar-refractivity contribution is 7.89. The number of nitrogens with two attached hydrogens (primary N) is 1. The van der Waals surface area contributed by atoms with Crippen LogP contribution in [0.2, 0.25) is 0 Å². The Bertz CT molecular complexity index is 711.